The number of methoxy groups -OCH3 is 1. The minimum absolute atomic E-state index is 0.0359. The van der Waals surface area contributed by atoms with Gasteiger partial charge < -0.3 is 9.26 Å². The highest BCUT2D eigenvalue weighted by molar-refractivity contribution is 7.18. The molecule has 1 aliphatic rings. The number of thiophene rings is 1. The van der Waals surface area contributed by atoms with E-state index < -0.39 is 0 Å². The van der Waals surface area contributed by atoms with Crippen LogP contribution in [0.4, 0.5) is 0 Å². The first-order valence-corrected chi connectivity index (χ1v) is 10.4. The SMILES string of the molecule is COc1ccc(-c2noc(Cn3cnc4sc5c(c4c3=O)CC[C@@H](C)C5)n2)cc1. The van der Waals surface area contributed by atoms with Gasteiger partial charge in [0.05, 0.1) is 18.8 Å². The largest absolute Gasteiger partial charge is 0.497 e. The maximum absolute atomic E-state index is 13.1. The fourth-order valence-corrected chi connectivity index (χ4v) is 5.14. The number of ether oxygens (including phenoxy) is 1. The van der Waals surface area contributed by atoms with Crippen LogP contribution >= 0.6 is 11.3 Å². The van der Waals surface area contributed by atoms with Crippen LogP contribution in [0.3, 0.4) is 0 Å². The van der Waals surface area contributed by atoms with Crippen LogP contribution < -0.4 is 10.3 Å². The molecule has 8 heteroatoms. The lowest BCUT2D eigenvalue weighted by molar-refractivity contribution is 0.369. The summed E-state index contributed by atoms with van der Waals surface area (Å²) < 4.78 is 12.1. The highest BCUT2D eigenvalue weighted by Crippen LogP contribution is 2.35. The maximum Gasteiger partial charge on any atom is 0.262 e. The molecule has 0 radical (unpaired) electrons. The van der Waals surface area contributed by atoms with Gasteiger partial charge in [-0.25, -0.2) is 4.98 Å². The zero-order valence-corrected chi connectivity index (χ0v) is 17.0. The van der Waals surface area contributed by atoms with Crippen molar-refractivity contribution < 1.29 is 9.26 Å². The Bertz CT molecular complexity index is 1240. The normalized spacial score (nSPS) is 16.1. The van der Waals surface area contributed by atoms with Crippen molar-refractivity contribution in [3.05, 3.63) is 57.3 Å². The smallest absolute Gasteiger partial charge is 0.262 e. The van der Waals surface area contributed by atoms with E-state index in [0.29, 0.717) is 17.6 Å². The van der Waals surface area contributed by atoms with Crippen LogP contribution in [0.2, 0.25) is 0 Å². The molecule has 0 saturated carbocycles. The lowest BCUT2D eigenvalue weighted by atomic mass is 9.89. The van der Waals surface area contributed by atoms with Crippen LogP contribution in [-0.4, -0.2) is 26.8 Å². The molecule has 3 aromatic heterocycles. The summed E-state index contributed by atoms with van der Waals surface area (Å²) in [4.78, 5) is 24.2. The van der Waals surface area contributed by atoms with E-state index in [2.05, 4.69) is 22.0 Å². The summed E-state index contributed by atoms with van der Waals surface area (Å²) in [5.41, 5.74) is 1.97. The highest BCUT2D eigenvalue weighted by atomic mass is 32.1. The molecule has 1 aliphatic carbocycles. The molecular weight excluding hydrogens is 388 g/mol. The van der Waals surface area contributed by atoms with E-state index in [9.17, 15) is 4.79 Å². The number of fused-ring (bicyclic) bond motifs is 3. The number of aryl methyl sites for hydroxylation is 1. The van der Waals surface area contributed by atoms with Crippen molar-refractivity contribution in [2.75, 3.05) is 7.11 Å². The van der Waals surface area contributed by atoms with Crippen LogP contribution in [0, 0.1) is 5.92 Å². The molecular formula is C21H20N4O3S. The Morgan fingerprint density at radius 3 is 2.93 bits per heavy atom. The van der Waals surface area contributed by atoms with Crippen molar-refractivity contribution in [2.45, 2.75) is 32.7 Å². The van der Waals surface area contributed by atoms with Gasteiger partial charge in [0.25, 0.3) is 5.56 Å². The topological polar surface area (TPSA) is 83.0 Å². The number of rotatable bonds is 4. The van der Waals surface area contributed by atoms with Gasteiger partial charge in [-0.2, -0.15) is 4.98 Å². The zero-order chi connectivity index (χ0) is 20.0. The van der Waals surface area contributed by atoms with Gasteiger partial charge in [0.2, 0.25) is 11.7 Å². The summed E-state index contributed by atoms with van der Waals surface area (Å²) in [6.45, 7) is 2.46. The average molecular weight is 408 g/mol. The lowest BCUT2D eigenvalue weighted by Crippen LogP contribution is -2.22. The van der Waals surface area contributed by atoms with Gasteiger partial charge in [0, 0.05) is 10.4 Å². The first-order chi connectivity index (χ1) is 14.1. The van der Waals surface area contributed by atoms with Gasteiger partial charge >= 0.3 is 0 Å². The molecule has 3 heterocycles. The molecule has 5 rings (SSSR count). The standard InChI is InChI=1S/C21H20N4O3S/c1-12-3-8-15-16(9-12)29-20-18(15)21(26)25(11-22-20)10-17-23-19(24-28-17)13-4-6-14(27-2)7-5-13/h4-7,11-12H,3,8-10H2,1-2H3/t12-/m1/s1. The van der Waals surface area contributed by atoms with Crippen LogP contribution in [0.5, 0.6) is 5.75 Å². The van der Waals surface area contributed by atoms with Gasteiger partial charge in [-0.05, 0) is 55.0 Å². The van der Waals surface area contributed by atoms with Crippen molar-refractivity contribution in [1.29, 1.82) is 0 Å². The van der Waals surface area contributed by atoms with Crippen LogP contribution in [0.15, 0.2) is 39.9 Å². The molecule has 1 aromatic carbocycles. The monoisotopic (exact) mass is 408 g/mol. The highest BCUT2D eigenvalue weighted by Gasteiger charge is 2.23. The van der Waals surface area contributed by atoms with E-state index in [1.54, 1.807) is 29.3 Å². The van der Waals surface area contributed by atoms with E-state index in [4.69, 9.17) is 9.26 Å². The third kappa shape index (κ3) is 3.23. The van der Waals surface area contributed by atoms with Gasteiger partial charge in [-0.1, -0.05) is 12.1 Å². The van der Waals surface area contributed by atoms with Crippen LogP contribution in [0.1, 0.15) is 29.7 Å². The van der Waals surface area contributed by atoms with Gasteiger partial charge in [-0.15, -0.1) is 11.3 Å². The fraction of sp³-hybridized carbons (Fsp3) is 0.333. The number of hydrogen-bond acceptors (Lipinski definition) is 7. The van der Waals surface area contributed by atoms with E-state index in [1.807, 2.05) is 24.3 Å². The number of hydrogen-bond donors (Lipinski definition) is 0. The predicted molar refractivity (Wildman–Crippen MR) is 110 cm³/mol. The van der Waals surface area contributed by atoms with E-state index >= 15 is 0 Å². The summed E-state index contributed by atoms with van der Waals surface area (Å²) >= 11 is 1.65. The second-order valence-corrected chi connectivity index (χ2v) is 8.53. The summed E-state index contributed by atoms with van der Waals surface area (Å²) in [5.74, 6) is 2.27. The molecule has 0 saturated heterocycles. The minimum atomic E-state index is -0.0359. The Morgan fingerprint density at radius 1 is 1.31 bits per heavy atom. The van der Waals surface area contributed by atoms with Gasteiger partial charge in [0.15, 0.2) is 0 Å². The quantitative estimate of drug-likeness (QED) is 0.512. The number of nitrogens with zero attached hydrogens (tertiary/aromatic N) is 4. The third-order valence-electron chi connectivity index (χ3n) is 5.40. The number of aromatic nitrogens is 4. The molecule has 0 amide bonds. The second-order valence-electron chi connectivity index (χ2n) is 7.45. The summed E-state index contributed by atoms with van der Waals surface area (Å²) in [5, 5.41) is 4.80. The molecule has 0 fully saturated rings. The van der Waals surface area contributed by atoms with E-state index in [0.717, 1.165) is 40.8 Å². The molecule has 29 heavy (non-hydrogen) atoms. The molecule has 0 spiro atoms. The lowest BCUT2D eigenvalue weighted by Gasteiger charge is -2.17. The van der Waals surface area contributed by atoms with Gasteiger partial charge in [0.1, 0.15) is 17.1 Å². The van der Waals surface area contributed by atoms with Crippen LogP contribution in [0.25, 0.3) is 21.6 Å². The molecule has 4 aromatic rings. The fourth-order valence-electron chi connectivity index (χ4n) is 3.80. The molecule has 7 nitrogen and oxygen atoms in total. The Labute approximate surface area is 171 Å². The first-order valence-electron chi connectivity index (χ1n) is 9.59. The summed E-state index contributed by atoms with van der Waals surface area (Å²) in [6.07, 6.45) is 4.67. The Balaban J connectivity index is 1.45. The van der Waals surface area contributed by atoms with Crippen LogP contribution in [-0.2, 0) is 19.4 Å². The zero-order valence-electron chi connectivity index (χ0n) is 16.2. The Morgan fingerprint density at radius 2 is 2.14 bits per heavy atom. The maximum atomic E-state index is 13.1. The summed E-state index contributed by atoms with van der Waals surface area (Å²) in [7, 11) is 1.62. The van der Waals surface area contributed by atoms with Crippen molar-refractivity contribution in [3.63, 3.8) is 0 Å². The summed E-state index contributed by atoms with van der Waals surface area (Å²) in [6, 6.07) is 7.42. The number of benzene rings is 1. The second kappa shape index (κ2) is 7.11. The molecule has 0 unspecified atom stereocenters. The van der Waals surface area contributed by atoms with Gasteiger partial charge in [-0.3, -0.25) is 9.36 Å². The van der Waals surface area contributed by atoms with Crippen molar-refractivity contribution in [1.82, 2.24) is 19.7 Å². The Kier molecular flexibility index (Phi) is 4.43. The molecule has 0 N–H and O–H groups in total. The van der Waals surface area contributed by atoms with Crippen molar-refractivity contribution >= 4 is 21.6 Å². The molecule has 148 valence electrons. The molecule has 1 atom stereocenters. The Hall–Kier alpha value is -3.00. The first kappa shape index (κ1) is 18.1. The van der Waals surface area contributed by atoms with Crippen molar-refractivity contribution in [2.24, 2.45) is 5.92 Å². The van der Waals surface area contributed by atoms with E-state index in [1.165, 1.54) is 10.4 Å². The molecule has 0 bridgehead atoms. The average Bonchev–Trinajstić information content (AvgIpc) is 3.34. The van der Waals surface area contributed by atoms with Crippen molar-refractivity contribution in [3.8, 4) is 17.1 Å². The predicted octanol–water partition coefficient (Wildman–Crippen LogP) is 3.69. The minimum Gasteiger partial charge on any atom is -0.497 e. The molecule has 0 aliphatic heterocycles. The third-order valence-corrected chi connectivity index (χ3v) is 6.57. The van der Waals surface area contributed by atoms with E-state index in [-0.39, 0.29) is 12.1 Å².